The molecule has 20 heavy (non-hydrogen) atoms. The van der Waals surface area contributed by atoms with Crippen molar-refractivity contribution in [3.8, 4) is 11.6 Å². The van der Waals surface area contributed by atoms with E-state index in [9.17, 15) is 13.2 Å². The molecule has 6 heteroatoms. The molecule has 0 aliphatic heterocycles. The average molecular weight is 282 g/mol. The zero-order valence-electron chi connectivity index (χ0n) is 11.2. The number of halogens is 3. The van der Waals surface area contributed by atoms with Crippen LogP contribution in [0.1, 0.15) is 22.4 Å². The Morgan fingerprint density at radius 2 is 1.55 bits per heavy atom. The van der Waals surface area contributed by atoms with Crippen LogP contribution in [0.25, 0.3) is 0 Å². The Morgan fingerprint density at radius 3 is 2.00 bits per heavy atom. The van der Waals surface area contributed by atoms with Gasteiger partial charge in [0.15, 0.2) is 5.69 Å². The topological polar surface area (TPSA) is 35.0 Å². The van der Waals surface area contributed by atoms with E-state index in [1.165, 1.54) is 0 Å². The molecule has 0 bridgehead atoms. The Balaban J connectivity index is 2.27. The Kier molecular flexibility index (Phi) is 3.65. The summed E-state index contributed by atoms with van der Waals surface area (Å²) in [5.74, 6) is 0.623. The molecule has 1 heterocycles. The van der Waals surface area contributed by atoms with Crippen molar-refractivity contribution < 1.29 is 17.9 Å². The molecular weight excluding hydrogens is 269 g/mol. The van der Waals surface area contributed by atoms with E-state index in [1.54, 1.807) is 0 Å². The summed E-state index contributed by atoms with van der Waals surface area (Å²) in [7, 11) is 0. The summed E-state index contributed by atoms with van der Waals surface area (Å²) in [6.45, 7) is 5.70. The third-order valence-corrected chi connectivity index (χ3v) is 2.74. The van der Waals surface area contributed by atoms with E-state index >= 15 is 0 Å². The highest BCUT2D eigenvalue weighted by Crippen LogP contribution is 2.30. The minimum absolute atomic E-state index is 0.0352. The van der Waals surface area contributed by atoms with Gasteiger partial charge in [0.05, 0.1) is 0 Å². The molecule has 0 spiro atoms. The summed E-state index contributed by atoms with van der Waals surface area (Å²) in [6, 6.07) is 5.87. The van der Waals surface area contributed by atoms with E-state index in [2.05, 4.69) is 10.2 Å². The minimum Gasteiger partial charge on any atom is -0.437 e. The monoisotopic (exact) mass is 282 g/mol. The molecule has 3 nitrogen and oxygen atoms in total. The molecule has 0 fully saturated rings. The van der Waals surface area contributed by atoms with Gasteiger partial charge in [-0.15, -0.1) is 10.2 Å². The van der Waals surface area contributed by atoms with Gasteiger partial charge < -0.3 is 4.74 Å². The van der Waals surface area contributed by atoms with Gasteiger partial charge in [-0.05, 0) is 38.0 Å². The van der Waals surface area contributed by atoms with Crippen LogP contribution in [0.3, 0.4) is 0 Å². The predicted molar refractivity (Wildman–Crippen MR) is 67.8 cm³/mol. The zero-order valence-corrected chi connectivity index (χ0v) is 11.2. The Labute approximate surface area is 114 Å². The summed E-state index contributed by atoms with van der Waals surface area (Å²) >= 11 is 0. The standard InChI is InChI=1S/C14H13F3N2O/c1-8-6-9(2)13(10(3)7-8)20-12-5-4-11(18-19-12)14(15,16)17/h4-7H,1-3H3. The van der Waals surface area contributed by atoms with E-state index in [1.807, 2.05) is 32.9 Å². The SMILES string of the molecule is Cc1cc(C)c(Oc2ccc(C(F)(F)F)nn2)c(C)c1. The van der Waals surface area contributed by atoms with Crippen LogP contribution in [-0.4, -0.2) is 10.2 Å². The van der Waals surface area contributed by atoms with Crippen molar-refractivity contribution in [2.75, 3.05) is 0 Å². The Hall–Kier alpha value is -2.11. The Bertz CT molecular complexity index is 598. The van der Waals surface area contributed by atoms with Crippen molar-refractivity contribution >= 4 is 0 Å². The molecule has 1 aromatic carbocycles. The first-order chi connectivity index (χ1) is 9.27. The normalized spacial score (nSPS) is 11.5. The highest BCUT2D eigenvalue weighted by atomic mass is 19.4. The lowest BCUT2D eigenvalue weighted by Crippen LogP contribution is -2.09. The highest BCUT2D eigenvalue weighted by molar-refractivity contribution is 5.44. The number of benzene rings is 1. The molecule has 2 aromatic rings. The van der Waals surface area contributed by atoms with Gasteiger partial charge >= 0.3 is 6.18 Å². The number of nitrogens with zero attached hydrogens (tertiary/aromatic N) is 2. The fraction of sp³-hybridized carbons (Fsp3) is 0.286. The quantitative estimate of drug-likeness (QED) is 0.827. The van der Waals surface area contributed by atoms with Crippen LogP contribution in [0.2, 0.25) is 0 Å². The summed E-state index contributed by atoms with van der Waals surface area (Å²) in [4.78, 5) is 0. The third-order valence-electron chi connectivity index (χ3n) is 2.74. The van der Waals surface area contributed by atoms with Crippen molar-refractivity contribution in [3.05, 3.63) is 46.6 Å². The maximum atomic E-state index is 12.4. The van der Waals surface area contributed by atoms with Gasteiger partial charge in [0.1, 0.15) is 5.75 Å². The van der Waals surface area contributed by atoms with Gasteiger partial charge in [0, 0.05) is 6.07 Å². The maximum absolute atomic E-state index is 12.4. The van der Waals surface area contributed by atoms with Crippen molar-refractivity contribution in [1.29, 1.82) is 0 Å². The van der Waals surface area contributed by atoms with E-state index in [0.717, 1.165) is 28.8 Å². The molecule has 0 saturated heterocycles. The van der Waals surface area contributed by atoms with Gasteiger partial charge in [0.25, 0.3) is 0 Å². The second-order valence-electron chi connectivity index (χ2n) is 4.58. The van der Waals surface area contributed by atoms with E-state index in [-0.39, 0.29) is 5.88 Å². The lowest BCUT2D eigenvalue weighted by molar-refractivity contribution is -0.141. The summed E-state index contributed by atoms with van der Waals surface area (Å²) in [5.41, 5.74) is 1.83. The molecule has 106 valence electrons. The molecule has 0 saturated carbocycles. The van der Waals surface area contributed by atoms with Gasteiger partial charge in [0.2, 0.25) is 5.88 Å². The fourth-order valence-corrected chi connectivity index (χ4v) is 1.96. The molecule has 0 N–H and O–H groups in total. The van der Waals surface area contributed by atoms with Gasteiger partial charge in [-0.2, -0.15) is 13.2 Å². The molecule has 0 aliphatic carbocycles. The lowest BCUT2D eigenvalue weighted by Gasteiger charge is -2.12. The van der Waals surface area contributed by atoms with E-state index in [4.69, 9.17) is 4.74 Å². The second-order valence-corrected chi connectivity index (χ2v) is 4.58. The van der Waals surface area contributed by atoms with Crippen LogP contribution in [0.4, 0.5) is 13.2 Å². The number of rotatable bonds is 2. The van der Waals surface area contributed by atoms with Gasteiger partial charge in [-0.25, -0.2) is 0 Å². The Morgan fingerprint density at radius 1 is 0.950 bits per heavy atom. The zero-order chi connectivity index (χ0) is 14.9. The third kappa shape index (κ3) is 3.07. The molecule has 0 aliphatic rings. The van der Waals surface area contributed by atoms with E-state index < -0.39 is 11.9 Å². The highest BCUT2D eigenvalue weighted by Gasteiger charge is 2.33. The van der Waals surface area contributed by atoms with Crippen molar-refractivity contribution in [1.82, 2.24) is 10.2 Å². The largest absolute Gasteiger partial charge is 0.437 e. The van der Waals surface area contributed by atoms with E-state index in [0.29, 0.717) is 5.75 Å². The first kappa shape index (κ1) is 14.3. The molecule has 0 atom stereocenters. The fourth-order valence-electron chi connectivity index (χ4n) is 1.96. The predicted octanol–water partition coefficient (Wildman–Crippen LogP) is 4.21. The molecular formula is C14H13F3N2O. The number of aromatic nitrogens is 2. The van der Waals surface area contributed by atoms with Crippen LogP contribution in [0.5, 0.6) is 11.6 Å². The summed E-state index contributed by atoms with van der Waals surface area (Å²) in [6.07, 6.45) is -4.50. The molecule has 0 unspecified atom stereocenters. The van der Waals surface area contributed by atoms with Crippen LogP contribution in [0, 0.1) is 20.8 Å². The molecule has 2 rings (SSSR count). The number of alkyl halides is 3. The summed E-state index contributed by atoms with van der Waals surface area (Å²) < 4.78 is 42.6. The first-order valence-electron chi connectivity index (χ1n) is 5.94. The summed E-state index contributed by atoms with van der Waals surface area (Å²) in [5, 5.41) is 6.58. The number of hydrogen-bond acceptors (Lipinski definition) is 3. The number of hydrogen-bond donors (Lipinski definition) is 0. The first-order valence-corrected chi connectivity index (χ1v) is 5.94. The molecule has 1 aromatic heterocycles. The second kappa shape index (κ2) is 5.11. The smallest absolute Gasteiger partial charge is 0.435 e. The van der Waals surface area contributed by atoms with Crippen LogP contribution >= 0.6 is 0 Å². The number of ether oxygens (including phenoxy) is 1. The number of aryl methyl sites for hydroxylation is 3. The van der Waals surface area contributed by atoms with Crippen molar-refractivity contribution in [2.45, 2.75) is 26.9 Å². The average Bonchev–Trinajstić information content (AvgIpc) is 2.33. The molecule has 0 amide bonds. The minimum atomic E-state index is -4.50. The van der Waals surface area contributed by atoms with Gasteiger partial charge in [-0.1, -0.05) is 17.7 Å². The van der Waals surface area contributed by atoms with Crippen molar-refractivity contribution in [3.63, 3.8) is 0 Å². The van der Waals surface area contributed by atoms with Gasteiger partial charge in [-0.3, -0.25) is 0 Å². The maximum Gasteiger partial charge on any atom is 0.435 e. The lowest BCUT2D eigenvalue weighted by atomic mass is 10.1. The van der Waals surface area contributed by atoms with Crippen molar-refractivity contribution in [2.24, 2.45) is 0 Å². The van der Waals surface area contributed by atoms with Crippen LogP contribution in [0.15, 0.2) is 24.3 Å². The molecule has 0 radical (unpaired) electrons. The van der Waals surface area contributed by atoms with Crippen LogP contribution in [-0.2, 0) is 6.18 Å². The van der Waals surface area contributed by atoms with Crippen LogP contribution < -0.4 is 4.74 Å².